The molecule has 1 unspecified atom stereocenters. The molecule has 0 aromatic carbocycles. The van der Waals surface area contributed by atoms with E-state index >= 15 is 0 Å². The Bertz CT molecular complexity index is 173. The lowest BCUT2D eigenvalue weighted by Gasteiger charge is -2.22. The van der Waals surface area contributed by atoms with Gasteiger partial charge in [0.25, 0.3) is 0 Å². The smallest absolute Gasteiger partial charge is 0.317 e. The number of nitrogens with one attached hydrogen (secondary N) is 1. The van der Waals surface area contributed by atoms with Gasteiger partial charge >= 0.3 is 6.03 Å². The van der Waals surface area contributed by atoms with Crippen LogP contribution in [0.2, 0.25) is 0 Å². The molecule has 1 fully saturated rings. The van der Waals surface area contributed by atoms with Crippen LogP contribution < -0.4 is 5.32 Å². The zero-order valence-electron chi connectivity index (χ0n) is 8.38. The van der Waals surface area contributed by atoms with Gasteiger partial charge in [0.2, 0.25) is 0 Å². The standard InChI is InChI=1S/C9H18N2O2/c1-3-8-7-11(9(12)10-2)5-4-6-13-8/h8H,3-7H2,1-2H3,(H,10,12). The first-order valence-electron chi connectivity index (χ1n) is 4.86. The van der Waals surface area contributed by atoms with Crippen molar-refractivity contribution in [3.63, 3.8) is 0 Å². The van der Waals surface area contributed by atoms with E-state index in [2.05, 4.69) is 12.2 Å². The molecule has 0 spiro atoms. The molecule has 1 atom stereocenters. The predicted molar refractivity (Wildman–Crippen MR) is 50.7 cm³/mol. The summed E-state index contributed by atoms with van der Waals surface area (Å²) in [5.74, 6) is 0. The molecule has 0 aromatic heterocycles. The summed E-state index contributed by atoms with van der Waals surface area (Å²) in [4.78, 5) is 13.2. The van der Waals surface area contributed by atoms with Crippen LogP contribution in [0.5, 0.6) is 0 Å². The minimum Gasteiger partial charge on any atom is -0.376 e. The number of urea groups is 1. The van der Waals surface area contributed by atoms with Crippen LogP contribution in [0.15, 0.2) is 0 Å². The Morgan fingerprint density at radius 2 is 2.46 bits per heavy atom. The van der Waals surface area contributed by atoms with Gasteiger partial charge in [0.1, 0.15) is 0 Å². The Kier molecular flexibility index (Phi) is 4.02. The zero-order chi connectivity index (χ0) is 9.68. The summed E-state index contributed by atoms with van der Waals surface area (Å²) in [5, 5.41) is 2.64. The van der Waals surface area contributed by atoms with E-state index in [1.54, 1.807) is 7.05 Å². The molecule has 1 saturated heterocycles. The highest BCUT2D eigenvalue weighted by Crippen LogP contribution is 2.08. The molecular formula is C9H18N2O2. The van der Waals surface area contributed by atoms with E-state index in [1.807, 2.05) is 4.90 Å². The fourth-order valence-electron chi connectivity index (χ4n) is 1.48. The van der Waals surface area contributed by atoms with Gasteiger partial charge < -0.3 is 15.0 Å². The molecule has 2 amide bonds. The van der Waals surface area contributed by atoms with Crippen LogP contribution >= 0.6 is 0 Å². The monoisotopic (exact) mass is 186 g/mol. The molecule has 0 aliphatic carbocycles. The Morgan fingerprint density at radius 3 is 3.08 bits per heavy atom. The highest BCUT2D eigenvalue weighted by Gasteiger charge is 2.20. The van der Waals surface area contributed by atoms with Crippen LogP contribution in [-0.2, 0) is 4.74 Å². The van der Waals surface area contributed by atoms with Crippen LogP contribution in [0.25, 0.3) is 0 Å². The molecule has 0 bridgehead atoms. The van der Waals surface area contributed by atoms with E-state index in [-0.39, 0.29) is 12.1 Å². The number of ether oxygens (including phenoxy) is 1. The first kappa shape index (κ1) is 10.3. The van der Waals surface area contributed by atoms with Crippen LogP contribution in [0, 0.1) is 0 Å². The molecule has 13 heavy (non-hydrogen) atoms. The molecule has 0 aromatic rings. The number of hydrogen-bond donors (Lipinski definition) is 1. The summed E-state index contributed by atoms with van der Waals surface area (Å²) in [6.07, 6.45) is 2.11. The summed E-state index contributed by atoms with van der Waals surface area (Å²) in [6, 6.07) is 0.00366. The maximum Gasteiger partial charge on any atom is 0.317 e. The summed E-state index contributed by atoms with van der Waals surface area (Å²) < 4.78 is 5.56. The molecule has 0 radical (unpaired) electrons. The van der Waals surface area contributed by atoms with Gasteiger partial charge in [-0.2, -0.15) is 0 Å². The van der Waals surface area contributed by atoms with Gasteiger partial charge in [0, 0.05) is 26.7 Å². The van der Waals surface area contributed by atoms with Crippen molar-refractivity contribution in [3.8, 4) is 0 Å². The van der Waals surface area contributed by atoms with E-state index in [1.165, 1.54) is 0 Å². The summed E-state index contributed by atoms with van der Waals surface area (Å²) in [6.45, 7) is 4.37. The Hall–Kier alpha value is -0.770. The lowest BCUT2D eigenvalue weighted by Crippen LogP contribution is -2.41. The normalized spacial score (nSPS) is 23.8. The SMILES string of the molecule is CCC1CN(C(=O)NC)CCCO1. The van der Waals surface area contributed by atoms with Crippen molar-refractivity contribution in [2.45, 2.75) is 25.9 Å². The van der Waals surface area contributed by atoms with Gasteiger partial charge in [0.15, 0.2) is 0 Å². The van der Waals surface area contributed by atoms with Gasteiger partial charge in [-0.3, -0.25) is 0 Å². The quantitative estimate of drug-likeness (QED) is 0.659. The van der Waals surface area contributed by atoms with Gasteiger partial charge in [-0.05, 0) is 12.8 Å². The second kappa shape index (κ2) is 5.07. The van der Waals surface area contributed by atoms with E-state index in [9.17, 15) is 4.79 Å². The maximum atomic E-state index is 11.3. The van der Waals surface area contributed by atoms with Crippen LogP contribution in [0.3, 0.4) is 0 Å². The van der Waals surface area contributed by atoms with Crippen molar-refractivity contribution in [3.05, 3.63) is 0 Å². The highest BCUT2D eigenvalue weighted by molar-refractivity contribution is 5.73. The molecule has 76 valence electrons. The first-order chi connectivity index (χ1) is 6.27. The largest absolute Gasteiger partial charge is 0.376 e. The van der Waals surface area contributed by atoms with Crippen molar-refractivity contribution in [1.29, 1.82) is 0 Å². The van der Waals surface area contributed by atoms with Crippen molar-refractivity contribution < 1.29 is 9.53 Å². The number of carbonyl (C=O) groups is 1. The average molecular weight is 186 g/mol. The Balaban J connectivity index is 2.48. The maximum absolute atomic E-state index is 11.3. The average Bonchev–Trinajstić information content (AvgIpc) is 2.41. The van der Waals surface area contributed by atoms with Crippen molar-refractivity contribution in [2.24, 2.45) is 0 Å². The fourth-order valence-corrected chi connectivity index (χ4v) is 1.48. The third-order valence-electron chi connectivity index (χ3n) is 2.31. The van der Waals surface area contributed by atoms with E-state index in [0.29, 0.717) is 0 Å². The fraction of sp³-hybridized carbons (Fsp3) is 0.889. The predicted octanol–water partition coefficient (Wildman–Crippen LogP) is 0.827. The summed E-state index contributed by atoms with van der Waals surface area (Å²) in [7, 11) is 1.66. The second-order valence-corrected chi connectivity index (χ2v) is 3.26. The minimum atomic E-state index is 0.00366. The molecule has 1 aliphatic rings. The lowest BCUT2D eigenvalue weighted by atomic mass is 10.2. The van der Waals surface area contributed by atoms with Crippen molar-refractivity contribution >= 4 is 6.03 Å². The molecule has 4 heteroatoms. The number of nitrogens with zero attached hydrogens (tertiary/aromatic N) is 1. The van der Waals surface area contributed by atoms with Crippen molar-refractivity contribution in [1.82, 2.24) is 10.2 Å². The van der Waals surface area contributed by atoms with E-state index in [4.69, 9.17) is 4.74 Å². The highest BCUT2D eigenvalue weighted by atomic mass is 16.5. The molecular weight excluding hydrogens is 168 g/mol. The molecule has 1 aliphatic heterocycles. The van der Waals surface area contributed by atoms with Gasteiger partial charge in [-0.1, -0.05) is 6.92 Å². The first-order valence-corrected chi connectivity index (χ1v) is 4.86. The summed E-state index contributed by atoms with van der Waals surface area (Å²) in [5.41, 5.74) is 0. The minimum absolute atomic E-state index is 0.00366. The second-order valence-electron chi connectivity index (χ2n) is 3.26. The topological polar surface area (TPSA) is 41.6 Å². The molecule has 0 saturated carbocycles. The Labute approximate surface area is 79.2 Å². The third kappa shape index (κ3) is 2.88. The molecule has 1 N–H and O–H groups in total. The van der Waals surface area contributed by atoms with Crippen LogP contribution in [0.1, 0.15) is 19.8 Å². The lowest BCUT2D eigenvalue weighted by molar-refractivity contribution is 0.0555. The molecule has 4 nitrogen and oxygen atoms in total. The number of carbonyl (C=O) groups excluding carboxylic acids is 1. The number of rotatable bonds is 1. The van der Waals surface area contributed by atoms with Crippen LogP contribution in [0.4, 0.5) is 4.79 Å². The van der Waals surface area contributed by atoms with E-state index < -0.39 is 0 Å². The number of hydrogen-bond acceptors (Lipinski definition) is 2. The Morgan fingerprint density at radius 1 is 1.69 bits per heavy atom. The summed E-state index contributed by atoms with van der Waals surface area (Å²) >= 11 is 0. The number of amides is 2. The molecule has 1 rings (SSSR count). The third-order valence-corrected chi connectivity index (χ3v) is 2.31. The molecule has 1 heterocycles. The van der Waals surface area contributed by atoms with Crippen molar-refractivity contribution in [2.75, 3.05) is 26.7 Å². The zero-order valence-corrected chi connectivity index (χ0v) is 8.38. The van der Waals surface area contributed by atoms with Gasteiger partial charge in [-0.25, -0.2) is 4.79 Å². The van der Waals surface area contributed by atoms with Crippen LogP contribution in [-0.4, -0.2) is 43.8 Å². The van der Waals surface area contributed by atoms with E-state index in [0.717, 1.165) is 32.5 Å². The van der Waals surface area contributed by atoms with Gasteiger partial charge in [-0.15, -0.1) is 0 Å². The van der Waals surface area contributed by atoms with Gasteiger partial charge in [0.05, 0.1) is 6.10 Å².